The Morgan fingerprint density at radius 2 is 1.87 bits per heavy atom. The van der Waals surface area contributed by atoms with Crippen molar-refractivity contribution in [2.24, 2.45) is 0 Å². The summed E-state index contributed by atoms with van der Waals surface area (Å²) < 4.78 is 1.96. The van der Waals surface area contributed by atoms with Crippen LogP contribution in [0.4, 0.5) is 5.82 Å². The maximum absolute atomic E-state index is 5.68. The zero-order chi connectivity index (χ0) is 11.1. The summed E-state index contributed by atoms with van der Waals surface area (Å²) in [7, 11) is 0. The summed E-state index contributed by atoms with van der Waals surface area (Å²) in [4.78, 5) is 0. The van der Waals surface area contributed by atoms with Crippen molar-refractivity contribution in [3.63, 3.8) is 0 Å². The van der Waals surface area contributed by atoms with Gasteiger partial charge in [-0.25, -0.2) is 0 Å². The van der Waals surface area contributed by atoms with E-state index >= 15 is 0 Å². The molecule has 0 aliphatic heterocycles. The van der Waals surface area contributed by atoms with E-state index in [4.69, 9.17) is 5.73 Å². The molecular formula is C12H23N3. The van der Waals surface area contributed by atoms with Crippen LogP contribution in [-0.2, 0) is 6.54 Å². The van der Waals surface area contributed by atoms with Gasteiger partial charge >= 0.3 is 0 Å². The van der Waals surface area contributed by atoms with E-state index in [0.29, 0.717) is 5.82 Å². The molecule has 15 heavy (non-hydrogen) atoms. The maximum atomic E-state index is 5.68. The lowest BCUT2D eigenvalue weighted by Gasteiger charge is -2.01. The Kier molecular flexibility index (Phi) is 5.22. The molecule has 3 nitrogen and oxygen atoms in total. The van der Waals surface area contributed by atoms with Gasteiger partial charge in [0.2, 0.25) is 0 Å². The minimum absolute atomic E-state index is 0.668. The van der Waals surface area contributed by atoms with Crippen LogP contribution in [0.25, 0.3) is 0 Å². The second-order valence-electron chi connectivity index (χ2n) is 4.23. The summed E-state index contributed by atoms with van der Waals surface area (Å²) >= 11 is 0. The Morgan fingerprint density at radius 1 is 1.20 bits per heavy atom. The molecule has 0 aliphatic rings. The molecule has 3 heteroatoms. The van der Waals surface area contributed by atoms with Crippen molar-refractivity contribution in [3.8, 4) is 0 Å². The molecule has 0 fully saturated rings. The monoisotopic (exact) mass is 209 g/mol. The Labute approximate surface area is 92.7 Å². The predicted molar refractivity (Wildman–Crippen MR) is 64.8 cm³/mol. The van der Waals surface area contributed by atoms with Gasteiger partial charge in [-0.05, 0) is 13.3 Å². The highest BCUT2D eigenvalue weighted by molar-refractivity contribution is 5.35. The average molecular weight is 209 g/mol. The van der Waals surface area contributed by atoms with E-state index in [1.165, 1.54) is 38.5 Å². The molecule has 1 aromatic rings. The van der Waals surface area contributed by atoms with Crippen LogP contribution in [0.1, 0.15) is 51.0 Å². The molecular weight excluding hydrogens is 186 g/mol. The summed E-state index contributed by atoms with van der Waals surface area (Å²) in [5, 5.41) is 4.24. The second kappa shape index (κ2) is 6.49. The molecule has 1 rings (SSSR count). The van der Waals surface area contributed by atoms with Crippen molar-refractivity contribution in [3.05, 3.63) is 11.8 Å². The molecule has 0 atom stereocenters. The van der Waals surface area contributed by atoms with E-state index in [9.17, 15) is 0 Å². The number of nitrogens with two attached hydrogens (primary N) is 1. The molecule has 0 saturated carbocycles. The first kappa shape index (κ1) is 12.1. The van der Waals surface area contributed by atoms with E-state index in [0.717, 1.165) is 12.1 Å². The number of hydrogen-bond acceptors (Lipinski definition) is 2. The average Bonchev–Trinajstić information content (AvgIpc) is 2.52. The second-order valence-corrected chi connectivity index (χ2v) is 4.23. The molecule has 86 valence electrons. The molecule has 0 aromatic carbocycles. The normalized spacial score (nSPS) is 10.8. The third-order valence-corrected chi connectivity index (χ3v) is 2.72. The lowest BCUT2D eigenvalue weighted by atomic mass is 10.1. The summed E-state index contributed by atoms with van der Waals surface area (Å²) in [6.45, 7) is 5.25. The summed E-state index contributed by atoms with van der Waals surface area (Å²) in [5.41, 5.74) is 6.76. The van der Waals surface area contributed by atoms with Gasteiger partial charge in [-0.2, -0.15) is 5.10 Å². The van der Waals surface area contributed by atoms with E-state index in [2.05, 4.69) is 12.0 Å². The smallest absolute Gasteiger partial charge is 0.148 e. The number of unbranched alkanes of at least 4 members (excludes halogenated alkanes) is 5. The van der Waals surface area contributed by atoms with Gasteiger partial charge in [0.15, 0.2) is 0 Å². The highest BCUT2D eigenvalue weighted by atomic mass is 15.3. The van der Waals surface area contributed by atoms with Gasteiger partial charge in [-0.15, -0.1) is 0 Å². The lowest BCUT2D eigenvalue weighted by molar-refractivity contribution is 0.528. The van der Waals surface area contributed by atoms with Crippen molar-refractivity contribution in [1.82, 2.24) is 9.78 Å². The van der Waals surface area contributed by atoms with Gasteiger partial charge in [-0.1, -0.05) is 39.0 Å². The zero-order valence-corrected chi connectivity index (χ0v) is 10.00. The van der Waals surface area contributed by atoms with E-state index < -0.39 is 0 Å². The first-order chi connectivity index (χ1) is 7.24. The highest BCUT2D eigenvalue weighted by Crippen LogP contribution is 2.09. The van der Waals surface area contributed by atoms with Crippen LogP contribution in [0.15, 0.2) is 6.20 Å². The van der Waals surface area contributed by atoms with E-state index in [1.807, 2.05) is 17.8 Å². The highest BCUT2D eigenvalue weighted by Gasteiger charge is 1.99. The Balaban J connectivity index is 2.10. The predicted octanol–water partition coefficient (Wildman–Crippen LogP) is 3.13. The molecule has 1 heterocycles. The van der Waals surface area contributed by atoms with Gasteiger partial charge in [0.1, 0.15) is 5.82 Å². The van der Waals surface area contributed by atoms with Crippen LogP contribution < -0.4 is 5.73 Å². The Morgan fingerprint density at radius 3 is 2.47 bits per heavy atom. The standard InChI is InChI=1S/C12H23N3/c1-3-4-5-6-7-8-9-15-10-11(2)12(13)14-15/h10H,3-9H2,1-2H3,(H2,13,14). The largest absolute Gasteiger partial charge is 0.382 e. The molecule has 0 saturated heterocycles. The van der Waals surface area contributed by atoms with Crippen molar-refractivity contribution >= 4 is 5.82 Å². The zero-order valence-electron chi connectivity index (χ0n) is 10.00. The van der Waals surface area contributed by atoms with Crippen LogP contribution in [0.3, 0.4) is 0 Å². The van der Waals surface area contributed by atoms with Crippen LogP contribution in [0, 0.1) is 6.92 Å². The maximum Gasteiger partial charge on any atom is 0.148 e. The van der Waals surface area contributed by atoms with Crippen LogP contribution in [0.2, 0.25) is 0 Å². The van der Waals surface area contributed by atoms with Gasteiger partial charge in [0, 0.05) is 18.3 Å². The minimum Gasteiger partial charge on any atom is -0.382 e. The van der Waals surface area contributed by atoms with Gasteiger partial charge < -0.3 is 5.73 Å². The molecule has 0 spiro atoms. The Bertz CT molecular complexity index is 259. The molecule has 0 aliphatic carbocycles. The minimum atomic E-state index is 0.668. The third kappa shape index (κ3) is 4.36. The summed E-state index contributed by atoms with van der Waals surface area (Å²) in [5.74, 6) is 0.668. The molecule has 0 bridgehead atoms. The molecule has 2 N–H and O–H groups in total. The van der Waals surface area contributed by atoms with E-state index in [-0.39, 0.29) is 0 Å². The fourth-order valence-electron chi connectivity index (χ4n) is 1.70. The Hall–Kier alpha value is -0.990. The summed E-state index contributed by atoms with van der Waals surface area (Å²) in [6, 6.07) is 0. The molecule has 0 radical (unpaired) electrons. The number of nitrogens with zero attached hydrogens (tertiary/aromatic N) is 2. The van der Waals surface area contributed by atoms with Crippen LogP contribution in [0.5, 0.6) is 0 Å². The van der Waals surface area contributed by atoms with Crippen molar-refractivity contribution in [1.29, 1.82) is 0 Å². The number of aryl methyl sites for hydroxylation is 2. The van der Waals surface area contributed by atoms with Crippen molar-refractivity contribution in [2.45, 2.75) is 58.9 Å². The lowest BCUT2D eigenvalue weighted by Crippen LogP contribution is -1.99. The van der Waals surface area contributed by atoms with Crippen molar-refractivity contribution < 1.29 is 0 Å². The molecule has 0 amide bonds. The van der Waals surface area contributed by atoms with Crippen LogP contribution >= 0.6 is 0 Å². The third-order valence-electron chi connectivity index (χ3n) is 2.72. The van der Waals surface area contributed by atoms with Crippen LogP contribution in [-0.4, -0.2) is 9.78 Å². The number of rotatable bonds is 7. The number of nitrogen functional groups attached to an aromatic ring is 1. The number of aromatic nitrogens is 2. The number of anilines is 1. The van der Waals surface area contributed by atoms with Crippen molar-refractivity contribution in [2.75, 3.05) is 5.73 Å². The van der Waals surface area contributed by atoms with Gasteiger partial charge in [0.25, 0.3) is 0 Å². The number of hydrogen-bond donors (Lipinski definition) is 1. The first-order valence-electron chi connectivity index (χ1n) is 6.03. The summed E-state index contributed by atoms with van der Waals surface area (Å²) in [6.07, 6.45) is 9.95. The fourth-order valence-corrected chi connectivity index (χ4v) is 1.70. The van der Waals surface area contributed by atoms with Gasteiger partial charge in [0.05, 0.1) is 0 Å². The fraction of sp³-hybridized carbons (Fsp3) is 0.750. The molecule has 0 unspecified atom stereocenters. The quantitative estimate of drug-likeness (QED) is 0.701. The topological polar surface area (TPSA) is 43.8 Å². The van der Waals surface area contributed by atoms with Gasteiger partial charge in [-0.3, -0.25) is 4.68 Å². The SMILES string of the molecule is CCCCCCCCn1cc(C)c(N)n1. The molecule has 1 aromatic heterocycles. The van der Waals surface area contributed by atoms with E-state index in [1.54, 1.807) is 0 Å². The first-order valence-corrected chi connectivity index (χ1v) is 6.03.